The minimum absolute atomic E-state index is 0.198. The van der Waals surface area contributed by atoms with Gasteiger partial charge in [0, 0.05) is 12.6 Å². The average molecular weight is 312 g/mol. The summed E-state index contributed by atoms with van der Waals surface area (Å²) < 4.78 is 1.45. The molecule has 0 bridgehead atoms. The second-order valence-electron chi connectivity index (χ2n) is 6.62. The predicted molar refractivity (Wildman–Crippen MR) is 88.0 cm³/mol. The highest BCUT2D eigenvalue weighted by Gasteiger charge is 2.21. The molecule has 1 aromatic rings. The molecule has 1 aromatic heterocycles. The van der Waals surface area contributed by atoms with Crippen molar-refractivity contribution in [2.24, 2.45) is 11.8 Å². The van der Waals surface area contributed by atoms with Gasteiger partial charge >= 0.3 is 0 Å². The smallest absolute Gasteiger partial charge is 0.287 e. The molecule has 1 fully saturated rings. The van der Waals surface area contributed by atoms with Crippen LogP contribution < -0.4 is 10.9 Å². The summed E-state index contributed by atoms with van der Waals surface area (Å²) in [5, 5.41) is 7.97. The molecule has 0 aliphatic heterocycles. The molecule has 118 valence electrons. The van der Waals surface area contributed by atoms with Crippen LogP contribution in [0.2, 0.25) is 5.02 Å². The van der Waals surface area contributed by atoms with E-state index < -0.39 is 0 Å². The summed E-state index contributed by atoms with van der Waals surface area (Å²) in [7, 11) is 0. The van der Waals surface area contributed by atoms with E-state index in [1.54, 1.807) is 6.20 Å². The van der Waals surface area contributed by atoms with Gasteiger partial charge in [-0.15, -0.1) is 0 Å². The monoisotopic (exact) mass is 311 g/mol. The van der Waals surface area contributed by atoms with Gasteiger partial charge in [-0.2, -0.15) is 5.10 Å². The molecular formula is C16H26ClN3O. The largest absolute Gasteiger partial charge is 0.379 e. The lowest BCUT2D eigenvalue weighted by atomic mass is 9.97. The van der Waals surface area contributed by atoms with Gasteiger partial charge in [0.05, 0.1) is 11.9 Å². The zero-order chi connectivity index (χ0) is 15.4. The Labute approximate surface area is 131 Å². The van der Waals surface area contributed by atoms with Gasteiger partial charge in [0.25, 0.3) is 5.56 Å². The molecule has 0 amide bonds. The van der Waals surface area contributed by atoms with Gasteiger partial charge < -0.3 is 5.32 Å². The highest BCUT2D eigenvalue weighted by Crippen LogP contribution is 2.27. The van der Waals surface area contributed by atoms with E-state index in [1.807, 2.05) is 0 Å². The molecule has 1 N–H and O–H groups in total. The molecule has 2 rings (SSSR count). The van der Waals surface area contributed by atoms with E-state index in [4.69, 9.17) is 11.6 Å². The van der Waals surface area contributed by atoms with E-state index in [9.17, 15) is 4.79 Å². The van der Waals surface area contributed by atoms with Crippen LogP contribution in [0.1, 0.15) is 52.9 Å². The Morgan fingerprint density at radius 2 is 2.10 bits per heavy atom. The van der Waals surface area contributed by atoms with Crippen molar-refractivity contribution in [3.8, 4) is 0 Å². The first kappa shape index (κ1) is 16.3. The van der Waals surface area contributed by atoms with Crippen LogP contribution in [0.3, 0.4) is 0 Å². The molecule has 21 heavy (non-hydrogen) atoms. The standard InChI is InChI=1S/C16H26ClN3O/c1-11(2)10-20-16(21)15(17)14(9-18-20)19-13-8-6-4-5-7-12(13)3/h9,11-13,19H,4-8,10H2,1-3H3. The number of halogens is 1. The zero-order valence-corrected chi connectivity index (χ0v) is 14.0. The van der Waals surface area contributed by atoms with Crippen LogP contribution in [0.15, 0.2) is 11.0 Å². The Morgan fingerprint density at radius 3 is 2.81 bits per heavy atom. The molecule has 0 spiro atoms. The maximum atomic E-state index is 12.2. The van der Waals surface area contributed by atoms with Crippen molar-refractivity contribution in [2.45, 2.75) is 65.5 Å². The average Bonchev–Trinajstić information content (AvgIpc) is 2.63. The number of nitrogens with zero attached hydrogens (tertiary/aromatic N) is 2. The van der Waals surface area contributed by atoms with Gasteiger partial charge in [0.2, 0.25) is 0 Å². The van der Waals surface area contributed by atoms with Gasteiger partial charge in [-0.1, -0.05) is 51.6 Å². The molecule has 2 unspecified atom stereocenters. The second kappa shape index (κ2) is 7.30. The van der Waals surface area contributed by atoms with Crippen molar-refractivity contribution in [1.82, 2.24) is 9.78 Å². The number of nitrogens with one attached hydrogen (secondary N) is 1. The summed E-state index contributed by atoms with van der Waals surface area (Å²) in [4.78, 5) is 12.2. The molecule has 0 radical (unpaired) electrons. The van der Waals surface area contributed by atoms with Gasteiger partial charge in [0.15, 0.2) is 0 Å². The van der Waals surface area contributed by atoms with Gasteiger partial charge in [-0.25, -0.2) is 4.68 Å². The minimum atomic E-state index is -0.198. The number of aromatic nitrogens is 2. The van der Waals surface area contributed by atoms with Crippen LogP contribution in [0.4, 0.5) is 5.69 Å². The van der Waals surface area contributed by atoms with E-state index >= 15 is 0 Å². The molecule has 0 saturated heterocycles. The first-order chi connectivity index (χ1) is 9.99. The fourth-order valence-electron chi connectivity index (χ4n) is 2.95. The van der Waals surface area contributed by atoms with Gasteiger partial charge in [-0.3, -0.25) is 4.79 Å². The van der Waals surface area contributed by atoms with Gasteiger partial charge in [0.1, 0.15) is 5.02 Å². The lowest BCUT2D eigenvalue weighted by Crippen LogP contribution is -2.30. The normalized spacial score (nSPS) is 23.1. The summed E-state index contributed by atoms with van der Waals surface area (Å²) >= 11 is 6.25. The van der Waals surface area contributed by atoms with Crippen LogP contribution in [-0.2, 0) is 6.54 Å². The van der Waals surface area contributed by atoms with Crippen LogP contribution in [0, 0.1) is 11.8 Å². The Balaban J connectivity index is 2.16. The third-order valence-electron chi connectivity index (χ3n) is 4.23. The fraction of sp³-hybridized carbons (Fsp3) is 0.750. The topological polar surface area (TPSA) is 46.9 Å². The molecule has 2 atom stereocenters. The number of anilines is 1. The third-order valence-corrected chi connectivity index (χ3v) is 4.59. The first-order valence-electron chi connectivity index (χ1n) is 8.01. The predicted octanol–water partition coefficient (Wildman–Crippen LogP) is 3.93. The Morgan fingerprint density at radius 1 is 1.38 bits per heavy atom. The third kappa shape index (κ3) is 4.22. The fourth-order valence-corrected chi connectivity index (χ4v) is 3.15. The SMILES string of the molecule is CC(C)Cn1ncc(NC2CCCCCC2C)c(Cl)c1=O. The van der Waals surface area contributed by atoms with E-state index in [1.165, 1.54) is 30.4 Å². The van der Waals surface area contributed by atoms with Crippen LogP contribution >= 0.6 is 11.6 Å². The Hall–Kier alpha value is -1.03. The summed E-state index contributed by atoms with van der Waals surface area (Å²) in [6, 6.07) is 0.382. The van der Waals surface area contributed by atoms with Crippen molar-refractivity contribution in [3.05, 3.63) is 21.6 Å². The van der Waals surface area contributed by atoms with E-state index in [-0.39, 0.29) is 10.6 Å². The molecule has 1 saturated carbocycles. The van der Waals surface area contributed by atoms with E-state index in [0.717, 1.165) is 6.42 Å². The summed E-state index contributed by atoms with van der Waals surface area (Å²) in [6.45, 7) is 6.98. The lowest BCUT2D eigenvalue weighted by molar-refractivity contribution is 0.452. The summed E-state index contributed by atoms with van der Waals surface area (Å²) in [5.41, 5.74) is 0.483. The Kier molecular flexibility index (Phi) is 5.68. The molecule has 1 aliphatic rings. The van der Waals surface area contributed by atoms with Gasteiger partial charge in [-0.05, 0) is 24.7 Å². The highest BCUT2D eigenvalue weighted by atomic mass is 35.5. The van der Waals surface area contributed by atoms with Crippen molar-refractivity contribution in [1.29, 1.82) is 0 Å². The molecule has 1 aliphatic carbocycles. The van der Waals surface area contributed by atoms with Crippen LogP contribution in [-0.4, -0.2) is 15.8 Å². The summed E-state index contributed by atoms with van der Waals surface area (Å²) in [6.07, 6.45) is 7.88. The molecule has 5 heteroatoms. The van der Waals surface area contributed by atoms with E-state index in [0.29, 0.717) is 30.1 Å². The second-order valence-corrected chi connectivity index (χ2v) is 7.00. The first-order valence-corrected chi connectivity index (χ1v) is 8.39. The molecule has 1 heterocycles. The maximum Gasteiger partial charge on any atom is 0.287 e. The molecular weight excluding hydrogens is 286 g/mol. The highest BCUT2D eigenvalue weighted by molar-refractivity contribution is 6.32. The number of hydrogen-bond acceptors (Lipinski definition) is 3. The molecule has 4 nitrogen and oxygen atoms in total. The van der Waals surface area contributed by atoms with Crippen molar-refractivity contribution in [2.75, 3.05) is 5.32 Å². The summed E-state index contributed by atoms with van der Waals surface area (Å²) in [5.74, 6) is 0.966. The molecule has 0 aromatic carbocycles. The maximum absolute atomic E-state index is 12.2. The zero-order valence-electron chi connectivity index (χ0n) is 13.2. The number of hydrogen-bond donors (Lipinski definition) is 1. The van der Waals surface area contributed by atoms with Crippen LogP contribution in [0.25, 0.3) is 0 Å². The number of rotatable bonds is 4. The van der Waals surface area contributed by atoms with Crippen molar-refractivity contribution in [3.63, 3.8) is 0 Å². The van der Waals surface area contributed by atoms with Crippen molar-refractivity contribution < 1.29 is 0 Å². The van der Waals surface area contributed by atoms with Crippen LogP contribution in [0.5, 0.6) is 0 Å². The lowest BCUT2D eigenvalue weighted by Gasteiger charge is -2.24. The quantitative estimate of drug-likeness (QED) is 0.857. The van der Waals surface area contributed by atoms with E-state index in [2.05, 4.69) is 31.2 Å². The Bertz CT molecular complexity index is 527. The van der Waals surface area contributed by atoms with Crippen molar-refractivity contribution >= 4 is 17.3 Å². The minimum Gasteiger partial charge on any atom is -0.379 e.